The highest BCUT2D eigenvalue weighted by atomic mass is 79.9. The molecule has 9 nitrogen and oxygen atoms in total. The second kappa shape index (κ2) is 11.2. The van der Waals surface area contributed by atoms with E-state index >= 15 is 0 Å². The summed E-state index contributed by atoms with van der Waals surface area (Å²) in [5, 5.41) is 16.2. The first-order chi connectivity index (χ1) is 21.3. The Morgan fingerprint density at radius 2 is 1.59 bits per heavy atom. The highest BCUT2D eigenvalue weighted by molar-refractivity contribution is 9.10. The van der Waals surface area contributed by atoms with Gasteiger partial charge in [0.05, 0.1) is 17.4 Å². The van der Waals surface area contributed by atoms with E-state index in [4.69, 9.17) is 5.10 Å². The molecule has 0 radical (unpaired) electrons. The molecule has 0 N–H and O–H groups in total. The molecule has 222 valence electrons. The molecule has 4 atom stereocenters. The van der Waals surface area contributed by atoms with Gasteiger partial charge in [-0.05, 0) is 80.2 Å². The highest BCUT2D eigenvalue weighted by Crippen LogP contribution is 2.45. The third kappa shape index (κ3) is 4.96. The number of imide groups is 1. The Morgan fingerprint density at radius 3 is 2.30 bits per heavy atom. The number of carbonyl (C=O) groups is 3. The summed E-state index contributed by atoms with van der Waals surface area (Å²) in [6, 6.07) is 21.3. The van der Waals surface area contributed by atoms with Crippen molar-refractivity contribution in [2.24, 2.45) is 21.4 Å². The fourth-order valence-electron chi connectivity index (χ4n) is 6.58. The fourth-order valence-corrected chi connectivity index (χ4v) is 6.84. The van der Waals surface area contributed by atoms with Crippen molar-refractivity contribution in [2.45, 2.75) is 51.2 Å². The predicted octanol–water partition coefficient (Wildman–Crippen LogP) is 6.18. The number of anilines is 1. The zero-order chi connectivity index (χ0) is 30.5. The van der Waals surface area contributed by atoms with Gasteiger partial charge < -0.3 is 0 Å². The molecule has 4 aliphatic rings. The van der Waals surface area contributed by atoms with E-state index in [1.807, 2.05) is 6.92 Å². The second-order valence-corrected chi connectivity index (χ2v) is 12.8. The van der Waals surface area contributed by atoms with Crippen molar-refractivity contribution in [3.63, 3.8) is 0 Å². The number of hydrogen-bond acceptors (Lipinski definition) is 7. The maximum Gasteiger partial charge on any atom is 0.264 e. The van der Waals surface area contributed by atoms with Crippen molar-refractivity contribution in [3.05, 3.63) is 105 Å². The van der Waals surface area contributed by atoms with Gasteiger partial charge in [-0.3, -0.25) is 19.4 Å². The van der Waals surface area contributed by atoms with E-state index in [0.717, 1.165) is 56.6 Å². The Bertz CT molecular complexity index is 1730. The van der Waals surface area contributed by atoms with E-state index in [1.165, 1.54) is 10.6 Å². The average molecular weight is 652 g/mol. The monoisotopic (exact) mass is 650 g/mol. The van der Waals surface area contributed by atoms with Crippen molar-refractivity contribution in [1.82, 2.24) is 10.0 Å². The van der Waals surface area contributed by atoms with Crippen LogP contribution in [0.1, 0.15) is 47.6 Å². The number of aryl methyl sites for hydroxylation is 2. The molecular formula is C34H31BrN6O3. The normalized spacial score (nSPS) is 25.1. The van der Waals surface area contributed by atoms with E-state index in [2.05, 4.69) is 87.8 Å². The molecular weight excluding hydrogens is 620 g/mol. The van der Waals surface area contributed by atoms with Gasteiger partial charge >= 0.3 is 0 Å². The van der Waals surface area contributed by atoms with Gasteiger partial charge in [0.2, 0.25) is 0 Å². The van der Waals surface area contributed by atoms with Crippen LogP contribution in [0.5, 0.6) is 0 Å². The lowest BCUT2D eigenvalue weighted by atomic mass is 9.77. The standard InChI is InChI=1S/C34H31BrN6O3/c1-20-6-10-22(11-7-20)18-24-4-3-5-27-29(24)37-41(31(27)23-12-8-21(2)9-13-23)28(42)19-39-32-30(36-38-39)33(43)40(34(32)44)26-16-14-25(35)15-17-26/h6-18,27,30-32H,3-5,19H2,1-2H3/b24-18-. The van der Waals surface area contributed by atoms with Crippen molar-refractivity contribution in [3.8, 4) is 0 Å². The molecule has 0 spiro atoms. The molecule has 0 aromatic heterocycles. The maximum atomic E-state index is 14.1. The lowest BCUT2D eigenvalue weighted by Crippen LogP contribution is -2.45. The Hall–Kier alpha value is -4.44. The van der Waals surface area contributed by atoms with Gasteiger partial charge in [0.25, 0.3) is 17.7 Å². The Morgan fingerprint density at radius 1 is 0.909 bits per heavy atom. The largest absolute Gasteiger partial charge is 0.271 e. The quantitative estimate of drug-likeness (QED) is 0.308. The van der Waals surface area contributed by atoms with Crippen LogP contribution in [0, 0.1) is 19.8 Å². The van der Waals surface area contributed by atoms with Crippen LogP contribution in [-0.4, -0.2) is 52.1 Å². The fraction of sp³-hybridized carbons (Fsp3) is 0.294. The second-order valence-electron chi connectivity index (χ2n) is 11.8. The lowest BCUT2D eigenvalue weighted by molar-refractivity contribution is -0.136. The summed E-state index contributed by atoms with van der Waals surface area (Å²) in [5.74, 6) is -1.14. The molecule has 4 unspecified atom stereocenters. The molecule has 44 heavy (non-hydrogen) atoms. The van der Waals surface area contributed by atoms with Crippen LogP contribution in [0.25, 0.3) is 6.08 Å². The van der Waals surface area contributed by atoms with Crippen LogP contribution in [0.2, 0.25) is 0 Å². The average Bonchev–Trinajstić information content (AvgIpc) is 3.69. The first kappa shape index (κ1) is 28.3. The number of hydrazone groups is 1. The molecule has 1 aliphatic carbocycles. The van der Waals surface area contributed by atoms with Crippen molar-refractivity contribution < 1.29 is 14.4 Å². The van der Waals surface area contributed by atoms with Gasteiger partial charge in [0.1, 0.15) is 6.54 Å². The molecule has 3 aromatic rings. The maximum absolute atomic E-state index is 14.1. The van der Waals surface area contributed by atoms with Crippen LogP contribution >= 0.6 is 15.9 Å². The van der Waals surface area contributed by atoms with Crippen LogP contribution < -0.4 is 4.90 Å². The van der Waals surface area contributed by atoms with E-state index in [1.54, 1.807) is 29.3 Å². The number of nitrogens with zero attached hydrogens (tertiary/aromatic N) is 6. The van der Waals surface area contributed by atoms with Crippen LogP contribution in [0.3, 0.4) is 0 Å². The molecule has 3 aliphatic heterocycles. The van der Waals surface area contributed by atoms with Crippen molar-refractivity contribution >= 4 is 51.1 Å². The number of carbonyl (C=O) groups excluding carboxylic acids is 3. The molecule has 3 heterocycles. The molecule has 7 rings (SSSR count). The topological polar surface area (TPSA) is 98.0 Å². The molecule has 0 bridgehead atoms. The van der Waals surface area contributed by atoms with Gasteiger partial charge in [-0.25, -0.2) is 9.91 Å². The Labute approximate surface area is 264 Å². The van der Waals surface area contributed by atoms with Crippen LogP contribution in [0.4, 0.5) is 5.69 Å². The third-order valence-corrected chi connectivity index (χ3v) is 9.36. The Kier molecular flexibility index (Phi) is 7.24. The molecule has 3 aromatic carbocycles. The van der Waals surface area contributed by atoms with E-state index < -0.39 is 23.9 Å². The molecule has 1 saturated heterocycles. The summed E-state index contributed by atoms with van der Waals surface area (Å²) in [6.07, 6.45) is 4.98. The molecule has 3 amide bonds. The number of hydrogen-bond donors (Lipinski definition) is 0. The van der Waals surface area contributed by atoms with Crippen LogP contribution in [-0.2, 0) is 14.4 Å². The summed E-state index contributed by atoms with van der Waals surface area (Å²) >= 11 is 3.39. The van der Waals surface area contributed by atoms with Crippen LogP contribution in [0.15, 0.2) is 98.3 Å². The summed E-state index contributed by atoms with van der Waals surface area (Å²) < 4.78 is 0.834. The lowest BCUT2D eigenvalue weighted by Gasteiger charge is -2.30. The SMILES string of the molecule is Cc1ccc(/C=C2/CCCC3C2=NN(C(=O)CN2N=NC4C(=O)N(c5ccc(Br)cc5)C(=O)C42)C3c2ccc(C)cc2)cc1. The van der Waals surface area contributed by atoms with Crippen molar-refractivity contribution in [1.29, 1.82) is 0 Å². The van der Waals surface area contributed by atoms with Gasteiger partial charge in [-0.15, -0.1) is 0 Å². The number of allylic oxidation sites excluding steroid dienone is 1. The number of halogens is 1. The highest BCUT2D eigenvalue weighted by Gasteiger charge is 2.55. The predicted molar refractivity (Wildman–Crippen MR) is 170 cm³/mol. The Balaban J connectivity index is 1.18. The van der Waals surface area contributed by atoms with Gasteiger partial charge in [0.15, 0.2) is 12.1 Å². The number of amides is 3. The zero-order valence-electron chi connectivity index (χ0n) is 24.4. The zero-order valence-corrected chi connectivity index (χ0v) is 26.0. The molecule has 1 saturated carbocycles. The molecule has 2 fully saturated rings. The third-order valence-electron chi connectivity index (χ3n) is 8.83. The molecule has 10 heteroatoms. The number of fused-ring (bicyclic) bond motifs is 2. The van der Waals surface area contributed by atoms with E-state index in [-0.39, 0.29) is 24.4 Å². The van der Waals surface area contributed by atoms with Gasteiger partial charge in [0, 0.05) is 10.4 Å². The number of benzene rings is 3. The minimum absolute atomic E-state index is 0.0441. The first-order valence-corrected chi connectivity index (χ1v) is 15.6. The number of rotatable bonds is 5. The first-order valence-electron chi connectivity index (χ1n) is 14.8. The smallest absolute Gasteiger partial charge is 0.264 e. The minimum Gasteiger partial charge on any atom is -0.271 e. The summed E-state index contributed by atoms with van der Waals surface area (Å²) in [5.41, 5.74) is 6.99. The van der Waals surface area contributed by atoms with Gasteiger partial charge in [-0.2, -0.15) is 10.2 Å². The van der Waals surface area contributed by atoms with E-state index in [0.29, 0.717) is 5.69 Å². The summed E-state index contributed by atoms with van der Waals surface area (Å²) in [6.45, 7) is 3.89. The minimum atomic E-state index is -0.983. The van der Waals surface area contributed by atoms with Crippen molar-refractivity contribution in [2.75, 3.05) is 11.4 Å². The summed E-state index contributed by atoms with van der Waals surface area (Å²) in [7, 11) is 0. The van der Waals surface area contributed by atoms with Gasteiger partial charge in [-0.1, -0.05) is 80.8 Å². The summed E-state index contributed by atoms with van der Waals surface area (Å²) in [4.78, 5) is 42.0. The van der Waals surface area contributed by atoms with E-state index in [9.17, 15) is 14.4 Å².